The molecule has 0 bridgehead atoms. The predicted octanol–water partition coefficient (Wildman–Crippen LogP) is 1.64. The summed E-state index contributed by atoms with van der Waals surface area (Å²) in [7, 11) is 1.84. The first kappa shape index (κ1) is 17.7. The summed E-state index contributed by atoms with van der Waals surface area (Å²) in [6.45, 7) is 5.20. The minimum Gasteiger partial charge on any atom is -0.342 e. The Hall–Kier alpha value is -2.70. The van der Waals surface area contributed by atoms with E-state index in [-0.39, 0.29) is 30.2 Å². The van der Waals surface area contributed by atoms with Gasteiger partial charge in [-0.05, 0) is 19.4 Å². The Morgan fingerprint density at radius 3 is 2.48 bits per heavy atom. The highest BCUT2D eigenvalue weighted by Gasteiger charge is 2.59. The van der Waals surface area contributed by atoms with Gasteiger partial charge >= 0.3 is 0 Å². The highest BCUT2D eigenvalue weighted by Crippen LogP contribution is 2.49. The molecule has 27 heavy (non-hydrogen) atoms. The number of likely N-dealkylation sites (tertiary alicyclic amines) is 1. The molecule has 2 fully saturated rings. The topological polar surface area (TPSA) is 79.5 Å². The van der Waals surface area contributed by atoms with Gasteiger partial charge < -0.3 is 9.80 Å². The van der Waals surface area contributed by atoms with Gasteiger partial charge in [0.15, 0.2) is 0 Å². The Balaban J connectivity index is 1.32. The number of amides is 2. The maximum Gasteiger partial charge on any atom is 0.229 e. The van der Waals surface area contributed by atoms with Crippen LogP contribution in [0.4, 0.5) is 0 Å². The second-order valence-electron chi connectivity index (χ2n) is 7.67. The van der Waals surface area contributed by atoms with E-state index in [9.17, 15) is 9.59 Å². The van der Waals surface area contributed by atoms with Gasteiger partial charge in [0.25, 0.3) is 0 Å². The lowest BCUT2D eigenvalue weighted by atomic mass is 10.00. The summed E-state index contributed by atoms with van der Waals surface area (Å²) in [6.07, 6.45) is 0.204. The SMILES string of the molecule is Cc1nonc1CC(=O)N(C)C1[C@H]2CN(C(=O)[C@H](C)c3ccccc3)C[C@@H]12. The fourth-order valence-electron chi connectivity index (χ4n) is 4.25. The van der Waals surface area contributed by atoms with Gasteiger partial charge in [-0.15, -0.1) is 0 Å². The minimum absolute atomic E-state index is 0.0173. The van der Waals surface area contributed by atoms with Crippen LogP contribution < -0.4 is 0 Å². The number of rotatable bonds is 5. The maximum atomic E-state index is 12.8. The van der Waals surface area contributed by atoms with E-state index in [2.05, 4.69) is 14.9 Å². The van der Waals surface area contributed by atoms with Gasteiger partial charge in [-0.2, -0.15) is 0 Å². The molecule has 1 aromatic carbocycles. The number of fused-ring (bicyclic) bond motifs is 1. The van der Waals surface area contributed by atoms with Gasteiger partial charge in [0.2, 0.25) is 11.8 Å². The number of likely N-dealkylation sites (N-methyl/N-ethyl adjacent to an activating group) is 1. The second kappa shape index (κ2) is 6.79. The smallest absolute Gasteiger partial charge is 0.229 e. The van der Waals surface area contributed by atoms with E-state index in [4.69, 9.17) is 0 Å². The number of nitrogens with zero attached hydrogens (tertiary/aromatic N) is 4. The zero-order chi connectivity index (χ0) is 19.1. The predicted molar refractivity (Wildman–Crippen MR) is 97.7 cm³/mol. The van der Waals surface area contributed by atoms with Gasteiger partial charge in [0.1, 0.15) is 11.4 Å². The van der Waals surface area contributed by atoms with Crippen molar-refractivity contribution in [2.45, 2.75) is 32.2 Å². The van der Waals surface area contributed by atoms with E-state index in [1.807, 2.05) is 54.1 Å². The van der Waals surface area contributed by atoms with Crippen molar-refractivity contribution in [1.29, 1.82) is 0 Å². The first-order valence-corrected chi connectivity index (χ1v) is 9.34. The van der Waals surface area contributed by atoms with E-state index in [1.165, 1.54) is 0 Å². The van der Waals surface area contributed by atoms with Crippen molar-refractivity contribution in [3.63, 3.8) is 0 Å². The fourth-order valence-corrected chi connectivity index (χ4v) is 4.25. The van der Waals surface area contributed by atoms with E-state index in [1.54, 1.807) is 6.92 Å². The number of carbonyl (C=O) groups excluding carboxylic acids is 2. The van der Waals surface area contributed by atoms with Gasteiger partial charge in [-0.3, -0.25) is 9.59 Å². The monoisotopic (exact) mass is 368 g/mol. The first-order chi connectivity index (χ1) is 13.0. The van der Waals surface area contributed by atoms with Crippen LogP contribution in [0.25, 0.3) is 0 Å². The van der Waals surface area contributed by atoms with E-state index >= 15 is 0 Å². The molecule has 142 valence electrons. The molecule has 0 radical (unpaired) electrons. The lowest BCUT2D eigenvalue weighted by molar-refractivity contribution is -0.132. The van der Waals surface area contributed by atoms with Crippen LogP contribution in [0.5, 0.6) is 0 Å². The first-order valence-electron chi connectivity index (χ1n) is 9.34. The maximum absolute atomic E-state index is 12.8. The molecule has 1 aliphatic heterocycles. The van der Waals surface area contributed by atoms with Crippen molar-refractivity contribution in [3.05, 3.63) is 47.3 Å². The Morgan fingerprint density at radius 2 is 1.89 bits per heavy atom. The molecule has 2 heterocycles. The van der Waals surface area contributed by atoms with E-state index < -0.39 is 0 Å². The van der Waals surface area contributed by atoms with Gasteiger partial charge in [-0.25, -0.2) is 4.63 Å². The van der Waals surface area contributed by atoms with Crippen LogP contribution in [0.1, 0.15) is 29.8 Å². The van der Waals surface area contributed by atoms with Crippen molar-refractivity contribution >= 4 is 11.8 Å². The van der Waals surface area contributed by atoms with E-state index in [0.29, 0.717) is 23.2 Å². The third-order valence-electron chi connectivity index (χ3n) is 6.04. The summed E-state index contributed by atoms with van der Waals surface area (Å²) >= 11 is 0. The van der Waals surface area contributed by atoms with Crippen molar-refractivity contribution in [2.24, 2.45) is 11.8 Å². The molecule has 1 saturated heterocycles. The van der Waals surface area contributed by atoms with Crippen LogP contribution in [-0.4, -0.2) is 58.1 Å². The molecule has 4 atom stereocenters. The molecule has 2 aromatic rings. The molecule has 7 nitrogen and oxygen atoms in total. The molecule has 7 heteroatoms. The summed E-state index contributed by atoms with van der Waals surface area (Å²) in [5.41, 5.74) is 2.29. The zero-order valence-electron chi connectivity index (χ0n) is 15.8. The third kappa shape index (κ3) is 3.22. The summed E-state index contributed by atoms with van der Waals surface area (Å²) in [5, 5.41) is 7.50. The van der Waals surface area contributed by atoms with Crippen LogP contribution >= 0.6 is 0 Å². The van der Waals surface area contributed by atoms with E-state index in [0.717, 1.165) is 18.7 Å². The van der Waals surface area contributed by atoms with Gasteiger partial charge in [0.05, 0.1) is 12.3 Å². The third-order valence-corrected chi connectivity index (χ3v) is 6.04. The highest BCUT2D eigenvalue weighted by atomic mass is 16.6. The van der Waals surface area contributed by atoms with Crippen LogP contribution in [-0.2, 0) is 16.0 Å². The number of aryl methyl sites for hydroxylation is 1. The molecule has 4 rings (SSSR count). The van der Waals surface area contributed by atoms with Gasteiger partial charge in [-0.1, -0.05) is 40.6 Å². The highest BCUT2D eigenvalue weighted by molar-refractivity contribution is 5.84. The summed E-state index contributed by atoms with van der Waals surface area (Å²) < 4.78 is 4.66. The molecule has 0 N–H and O–H groups in total. The fraction of sp³-hybridized carbons (Fsp3) is 0.500. The van der Waals surface area contributed by atoms with Crippen molar-refractivity contribution < 1.29 is 14.2 Å². The minimum atomic E-state index is -0.135. The lowest BCUT2D eigenvalue weighted by Gasteiger charge is -2.26. The standard InChI is InChI=1S/C20H24N4O3/c1-12(14-7-5-4-6-8-14)20(26)24-10-15-16(11-24)19(15)23(3)18(25)9-17-13(2)21-27-22-17/h4-8,12,15-16,19H,9-11H2,1-3H3/t12-,15-,16+,19?/m1/s1. The van der Waals surface area contributed by atoms with Crippen molar-refractivity contribution in [2.75, 3.05) is 20.1 Å². The Kier molecular flexibility index (Phi) is 4.45. The molecule has 2 aliphatic rings. The molecule has 1 saturated carbocycles. The van der Waals surface area contributed by atoms with Crippen LogP contribution in [0.3, 0.4) is 0 Å². The lowest BCUT2D eigenvalue weighted by Crippen LogP contribution is -2.40. The Bertz CT molecular complexity index is 838. The number of hydrogen-bond acceptors (Lipinski definition) is 5. The summed E-state index contributed by atoms with van der Waals surface area (Å²) in [5.74, 6) is 0.808. The summed E-state index contributed by atoms with van der Waals surface area (Å²) in [6, 6.07) is 10.1. The average Bonchev–Trinajstić information content (AvgIpc) is 2.98. The normalized spacial score (nSPS) is 24.4. The Labute approximate surface area is 158 Å². The molecule has 1 unspecified atom stereocenters. The Morgan fingerprint density at radius 1 is 1.22 bits per heavy atom. The largest absolute Gasteiger partial charge is 0.342 e. The van der Waals surface area contributed by atoms with Crippen molar-refractivity contribution in [3.8, 4) is 0 Å². The number of hydrogen-bond donors (Lipinski definition) is 0. The molecule has 0 spiro atoms. The quantitative estimate of drug-likeness (QED) is 0.802. The average molecular weight is 368 g/mol. The van der Waals surface area contributed by atoms with Crippen molar-refractivity contribution in [1.82, 2.24) is 20.1 Å². The second-order valence-corrected chi connectivity index (χ2v) is 7.67. The number of benzene rings is 1. The number of piperidine rings is 1. The summed E-state index contributed by atoms with van der Waals surface area (Å²) in [4.78, 5) is 29.1. The van der Waals surface area contributed by atoms with Crippen LogP contribution in [0, 0.1) is 18.8 Å². The van der Waals surface area contributed by atoms with Crippen LogP contribution in [0.15, 0.2) is 35.0 Å². The molecule has 2 amide bonds. The van der Waals surface area contributed by atoms with Crippen LogP contribution in [0.2, 0.25) is 0 Å². The molecule has 1 aliphatic carbocycles. The zero-order valence-corrected chi connectivity index (χ0v) is 15.8. The number of carbonyl (C=O) groups is 2. The molecular weight excluding hydrogens is 344 g/mol. The van der Waals surface area contributed by atoms with Gasteiger partial charge in [0, 0.05) is 38.0 Å². The number of aromatic nitrogens is 2. The molecule has 1 aromatic heterocycles. The molecular formula is C20H24N4O3.